The summed E-state index contributed by atoms with van der Waals surface area (Å²) in [6.45, 7) is 2.94. The maximum Gasteiger partial charge on any atom is 0.160 e. The summed E-state index contributed by atoms with van der Waals surface area (Å²) < 4.78 is 13.1. The molecule has 0 aromatic heterocycles. The zero-order valence-electron chi connectivity index (χ0n) is 7.02. The highest BCUT2D eigenvalue weighted by atomic mass is 19.1. The highest BCUT2D eigenvalue weighted by Crippen LogP contribution is 2.18. The summed E-state index contributed by atoms with van der Waals surface area (Å²) in [5.74, 6) is -0.644. The van der Waals surface area contributed by atoms with Gasteiger partial charge in [0.25, 0.3) is 0 Å². The van der Waals surface area contributed by atoms with Crippen molar-refractivity contribution in [1.82, 2.24) is 0 Å². The van der Waals surface area contributed by atoms with E-state index in [9.17, 15) is 9.18 Å². The Morgan fingerprint density at radius 1 is 1.50 bits per heavy atom. The molecule has 64 valence electrons. The molecule has 0 spiro atoms. The maximum absolute atomic E-state index is 13.1. The number of carbonyl (C=O) groups excluding carboxylic acids is 1. The third-order valence-electron chi connectivity index (χ3n) is 1.80. The van der Waals surface area contributed by atoms with Crippen LogP contribution in [0.1, 0.15) is 22.8 Å². The van der Waals surface area contributed by atoms with Crippen molar-refractivity contribution in [2.24, 2.45) is 0 Å². The van der Waals surface area contributed by atoms with Gasteiger partial charge in [0.2, 0.25) is 0 Å². The topological polar surface area (TPSA) is 43.1 Å². The maximum atomic E-state index is 13.1. The average molecular weight is 167 g/mol. The zero-order valence-corrected chi connectivity index (χ0v) is 7.02. The fraction of sp³-hybridized carbons (Fsp3) is 0.222. The fourth-order valence-electron chi connectivity index (χ4n) is 1.09. The Morgan fingerprint density at radius 3 is 2.58 bits per heavy atom. The van der Waals surface area contributed by atoms with Crippen molar-refractivity contribution in [3.8, 4) is 0 Å². The third kappa shape index (κ3) is 1.30. The molecule has 0 aliphatic heterocycles. The lowest BCUT2D eigenvalue weighted by Crippen LogP contribution is -2.01. The molecule has 1 rings (SSSR count). The SMILES string of the molecule is CC(=O)c1ccc(N)c(F)c1C. The molecule has 3 heteroatoms. The Morgan fingerprint density at radius 2 is 2.08 bits per heavy atom. The van der Waals surface area contributed by atoms with Gasteiger partial charge in [-0.25, -0.2) is 4.39 Å². The van der Waals surface area contributed by atoms with Crippen LogP contribution >= 0.6 is 0 Å². The summed E-state index contributed by atoms with van der Waals surface area (Å²) in [4.78, 5) is 10.9. The summed E-state index contributed by atoms with van der Waals surface area (Å²) in [5.41, 5.74) is 6.10. The molecule has 0 unspecified atom stereocenters. The third-order valence-corrected chi connectivity index (χ3v) is 1.80. The minimum absolute atomic E-state index is 0.0810. The largest absolute Gasteiger partial charge is 0.396 e. The Hall–Kier alpha value is -1.38. The number of halogens is 1. The van der Waals surface area contributed by atoms with Gasteiger partial charge in [0.15, 0.2) is 5.78 Å². The van der Waals surface area contributed by atoms with E-state index in [-0.39, 0.29) is 11.5 Å². The Kier molecular flexibility index (Phi) is 2.13. The van der Waals surface area contributed by atoms with Crippen LogP contribution in [-0.4, -0.2) is 5.78 Å². The molecule has 1 aromatic rings. The summed E-state index contributed by atoms with van der Waals surface area (Å²) in [6.07, 6.45) is 0. The van der Waals surface area contributed by atoms with Crippen molar-refractivity contribution < 1.29 is 9.18 Å². The lowest BCUT2D eigenvalue weighted by molar-refractivity contribution is 0.101. The van der Waals surface area contributed by atoms with E-state index >= 15 is 0 Å². The quantitative estimate of drug-likeness (QED) is 0.513. The lowest BCUT2D eigenvalue weighted by Gasteiger charge is -2.04. The van der Waals surface area contributed by atoms with E-state index in [4.69, 9.17) is 5.73 Å². The van der Waals surface area contributed by atoms with Crippen LogP contribution in [0.2, 0.25) is 0 Å². The number of hydrogen-bond donors (Lipinski definition) is 1. The number of nitrogen functional groups attached to an aromatic ring is 1. The molecule has 0 heterocycles. The van der Waals surface area contributed by atoms with Crippen LogP contribution in [0.3, 0.4) is 0 Å². The predicted octanol–water partition coefficient (Wildman–Crippen LogP) is 1.92. The van der Waals surface area contributed by atoms with E-state index in [1.54, 1.807) is 6.92 Å². The van der Waals surface area contributed by atoms with Crippen molar-refractivity contribution in [3.05, 3.63) is 29.1 Å². The first kappa shape index (κ1) is 8.71. The highest BCUT2D eigenvalue weighted by molar-refractivity contribution is 5.95. The van der Waals surface area contributed by atoms with Crippen LogP contribution in [0.25, 0.3) is 0 Å². The highest BCUT2D eigenvalue weighted by Gasteiger charge is 2.09. The first-order chi connectivity index (χ1) is 5.54. The number of rotatable bonds is 1. The van der Waals surface area contributed by atoms with Gasteiger partial charge >= 0.3 is 0 Å². The van der Waals surface area contributed by atoms with Crippen molar-refractivity contribution >= 4 is 11.5 Å². The second-order valence-electron chi connectivity index (χ2n) is 2.70. The van der Waals surface area contributed by atoms with E-state index < -0.39 is 5.82 Å². The van der Waals surface area contributed by atoms with E-state index in [0.29, 0.717) is 11.1 Å². The van der Waals surface area contributed by atoms with Crippen molar-refractivity contribution in [1.29, 1.82) is 0 Å². The van der Waals surface area contributed by atoms with Crippen LogP contribution in [0.15, 0.2) is 12.1 Å². The molecule has 0 aliphatic rings. The second-order valence-corrected chi connectivity index (χ2v) is 2.70. The summed E-state index contributed by atoms with van der Waals surface area (Å²) in [7, 11) is 0. The fourth-order valence-corrected chi connectivity index (χ4v) is 1.09. The summed E-state index contributed by atoms with van der Waals surface area (Å²) >= 11 is 0. The monoisotopic (exact) mass is 167 g/mol. The van der Waals surface area contributed by atoms with Crippen molar-refractivity contribution in [2.45, 2.75) is 13.8 Å². The number of ketones is 1. The van der Waals surface area contributed by atoms with E-state index in [1.165, 1.54) is 19.1 Å². The van der Waals surface area contributed by atoms with Gasteiger partial charge in [0.05, 0.1) is 5.69 Å². The van der Waals surface area contributed by atoms with Gasteiger partial charge in [-0.15, -0.1) is 0 Å². The molecule has 2 nitrogen and oxygen atoms in total. The Bertz CT molecular complexity index is 334. The molecule has 12 heavy (non-hydrogen) atoms. The lowest BCUT2D eigenvalue weighted by atomic mass is 10.0. The molecular formula is C9H10FNO. The standard InChI is InChI=1S/C9H10FNO/c1-5-7(6(2)12)3-4-8(11)9(5)10/h3-4H,11H2,1-2H3. The molecule has 0 saturated heterocycles. The van der Waals surface area contributed by atoms with Gasteiger partial charge in [-0.3, -0.25) is 4.79 Å². The van der Waals surface area contributed by atoms with Gasteiger partial charge in [0.1, 0.15) is 5.82 Å². The van der Waals surface area contributed by atoms with Crippen molar-refractivity contribution in [3.63, 3.8) is 0 Å². The zero-order chi connectivity index (χ0) is 9.30. The molecule has 0 saturated carbocycles. The molecular weight excluding hydrogens is 157 g/mol. The van der Waals surface area contributed by atoms with E-state index in [2.05, 4.69) is 0 Å². The predicted molar refractivity (Wildman–Crippen MR) is 45.6 cm³/mol. The number of carbonyl (C=O) groups is 1. The van der Waals surface area contributed by atoms with Gasteiger partial charge < -0.3 is 5.73 Å². The molecule has 0 atom stereocenters. The van der Waals surface area contributed by atoms with Crippen LogP contribution in [-0.2, 0) is 0 Å². The molecule has 0 fully saturated rings. The van der Waals surface area contributed by atoms with Crippen LogP contribution in [0, 0.1) is 12.7 Å². The number of benzene rings is 1. The molecule has 0 amide bonds. The molecule has 2 N–H and O–H groups in total. The number of hydrogen-bond acceptors (Lipinski definition) is 2. The van der Waals surface area contributed by atoms with E-state index in [0.717, 1.165) is 0 Å². The first-order valence-corrected chi connectivity index (χ1v) is 3.59. The summed E-state index contributed by atoms with van der Waals surface area (Å²) in [6, 6.07) is 2.94. The molecule has 0 radical (unpaired) electrons. The number of Topliss-reactive ketones (excluding diaryl/α,β-unsaturated/α-hetero) is 1. The molecule has 1 aromatic carbocycles. The molecule has 0 bridgehead atoms. The van der Waals surface area contributed by atoms with Gasteiger partial charge in [-0.05, 0) is 31.5 Å². The average Bonchev–Trinajstić information content (AvgIpc) is 2.00. The minimum atomic E-state index is -0.497. The number of nitrogens with two attached hydrogens (primary N) is 1. The second kappa shape index (κ2) is 2.93. The van der Waals surface area contributed by atoms with E-state index in [1.807, 2.05) is 0 Å². The van der Waals surface area contributed by atoms with Crippen LogP contribution in [0.5, 0.6) is 0 Å². The normalized spacial score (nSPS) is 9.92. The summed E-state index contributed by atoms with van der Waals surface area (Å²) in [5, 5.41) is 0. The Balaban J connectivity index is 3.36. The van der Waals surface area contributed by atoms with Crippen LogP contribution in [0.4, 0.5) is 10.1 Å². The minimum Gasteiger partial charge on any atom is -0.396 e. The smallest absolute Gasteiger partial charge is 0.160 e. The van der Waals surface area contributed by atoms with Gasteiger partial charge in [0, 0.05) is 5.56 Å². The Labute approximate surface area is 70.2 Å². The number of anilines is 1. The molecule has 0 aliphatic carbocycles. The first-order valence-electron chi connectivity index (χ1n) is 3.59. The van der Waals surface area contributed by atoms with Crippen LogP contribution < -0.4 is 5.73 Å². The van der Waals surface area contributed by atoms with Gasteiger partial charge in [-0.1, -0.05) is 0 Å². The van der Waals surface area contributed by atoms with Gasteiger partial charge in [-0.2, -0.15) is 0 Å². The van der Waals surface area contributed by atoms with Crippen molar-refractivity contribution in [2.75, 3.05) is 5.73 Å².